The molecule has 2 aromatic rings. The molecule has 1 aliphatic rings. The fourth-order valence-corrected chi connectivity index (χ4v) is 2.41. The monoisotopic (exact) mass is 319 g/mol. The molecule has 0 bridgehead atoms. The van der Waals surface area contributed by atoms with Gasteiger partial charge < -0.3 is 9.53 Å². The van der Waals surface area contributed by atoms with E-state index in [0.717, 1.165) is 6.29 Å². The Hall–Kier alpha value is -2.55. The van der Waals surface area contributed by atoms with Gasteiger partial charge in [0.25, 0.3) is 5.56 Å². The van der Waals surface area contributed by atoms with Gasteiger partial charge in [-0.3, -0.25) is 24.5 Å². The number of rotatable bonds is 4. The summed E-state index contributed by atoms with van der Waals surface area (Å²) < 4.78 is 7.19. The Morgan fingerprint density at radius 2 is 2.30 bits per heavy atom. The van der Waals surface area contributed by atoms with Crippen molar-refractivity contribution in [3.8, 4) is 0 Å². The molecule has 2 atom stereocenters. The van der Waals surface area contributed by atoms with Crippen molar-refractivity contribution < 1.29 is 14.3 Å². The Morgan fingerprint density at radius 1 is 1.52 bits per heavy atom. The first-order valence-electron chi connectivity index (χ1n) is 7.38. The zero-order valence-corrected chi connectivity index (χ0v) is 12.8. The lowest BCUT2D eigenvalue weighted by Gasteiger charge is -2.13. The number of nitrogens with one attached hydrogen (secondary N) is 2. The number of hydrogen-bond donors (Lipinski definition) is 2. The number of carbonyl (C=O) groups is 2. The van der Waals surface area contributed by atoms with Gasteiger partial charge in [0, 0.05) is 5.92 Å². The Balaban J connectivity index is 1.98. The van der Waals surface area contributed by atoms with Gasteiger partial charge in [-0.15, -0.1) is 0 Å². The van der Waals surface area contributed by atoms with Crippen LogP contribution < -0.4 is 10.9 Å². The second-order valence-corrected chi connectivity index (χ2v) is 5.73. The van der Waals surface area contributed by atoms with Gasteiger partial charge in [0.1, 0.15) is 18.6 Å². The quantitative estimate of drug-likeness (QED) is 0.796. The first-order valence-corrected chi connectivity index (χ1v) is 7.38. The number of H-pyrrole nitrogens is 1. The summed E-state index contributed by atoms with van der Waals surface area (Å²) in [6.45, 7) is 3.48. The fourth-order valence-electron chi connectivity index (χ4n) is 2.41. The van der Waals surface area contributed by atoms with E-state index in [1.807, 2.05) is 0 Å². The Bertz CT molecular complexity index is 809. The van der Waals surface area contributed by atoms with Crippen molar-refractivity contribution in [1.29, 1.82) is 0 Å². The maximum absolute atomic E-state index is 12.1. The molecule has 1 fully saturated rings. The van der Waals surface area contributed by atoms with Gasteiger partial charge in [-0.05, 0) is 12.8 Å². The van der Waals surface area contributed by atoms with Gasteiger partial charge in [0.05, 0.1) is 6.33 Å². The number of imidazole rings is 1. The van der Waals surface area contributed by atoms with E-state index in [-0.39, 0.29) is 23.3 Å². The number of nitrogens with zero attached hydrogens (tertiary/aromatic N) is 3. The number of fused-ring (bicyclic) bond motifs is 1. The first kappa shape index (κ1) is 15.3. The molecule has 9 nitrogen and oxygen atoms in total. The van der Waals surface area contributed by atoms with E-state index in [9.17, 15) is 14.4 Å². The molecule has 0 saturated carbocycles. The molecule has 2 aromatic heterocycles. The molecule has 1 aliphatic heterocycles. The molecule has 23 heavy (non-hydrogen) atoms. The van der Waals surface area contributed by atoms with E-state index < -0.39 is 17.9 Å². The third kappa shape index (κ3) is 2.87. The summed E-state index contributed by atoms with van der Waals surface area (Å²) in [6, 6.07) is 0. The lowest BCUT2D eigenvalue weighted by atomic mass is 10.2. The minimum Gasteiger partial charge on any atom is -0.347 e. The summed E-state index contributed by atoms with van der Waals surface area (Å²) in [6.07, 6.45) is 2.58. The third-order valence-electron chi connectivity index (χ3n) is 3.69. The van der Waals surface area contributed by atoms with Crippen LogP contribution in [-0.2, 0) is 14.3 Å². The summed E-state index contributed by atoms with van der Waals surface area (Å²) in [5.41, 5.74) is 0.0211. The zero-order valence-electron chi connectivity index (χ0n) is 12.8. The number of aldehydes is 1. The number of hydrogen-bond acceptors (Lipinski definition) is 6. The van der Waals surface area contributed by atoms with Crippen molar-refractivity contribution in [2.45, 2.75) is 39.0 Å². The smallest absolute Gasteiger partial charge is 0.280 e. The van der Waals surface area contributed by atoms with E-state index in [0.29, 0.717) is 18.5 Å². The standard InChI is InChI=1S/C14H17N5O4/c1-7(2)12(21)17-14-16-11-10(13(22)18-14)15-6-19(11)9-4-3-8(5-20)23-9/h5-9H,3-4H2,1-2H3,(H2,16,17,18,21,22). The predicted octanol–water partition coefficient (Wildman–Crippen LogP) is 0.591. The highest BCUT2D eigenvalue weighted by Crippen LogP contribution is 2.29. The number of amides is 1. The molecule has 0 aliphatic carbocycles. The van der Waals surface area contributed by atoms with Crippen LogP contribution in [0.3, 0.4) is 0 Å². The van der Waals surface area contributed by atoms with Crippen LogP contribution in [0, 0.1) is 5.92 Å². The van der Waals surface area contributed by atoms with Gasteiger partial charge in [0.15, 0.2) is 11.2 Å². The molecular formula is C14H17N5O4. The maximum atomic E-state index is 12.1. The average molecular weight is 319 g/mol. The van der Waals surface area contributed by atoms with Crippen LogP contribution in [0.15, 0.2) is 11.1 Å². The summed E-state index contributed by atoms with van der Waals surface area (Å²) in [7, 11) is 0. The molecule has 2 N–H and O–H groups in total. The Morgan fingerprint density at radius 3 is 2.96 bits per heavy atom. The van der Waals surface area contributed by atoms with Crippen LogP contribution in [0.4, 0.5) is 5.95 Å². The second-order valence-electron chi connectivity index (χ2n) is 5.73. The lowest BCUT2D eigenvalue weighted by molar-refractivity contribution is -0.119. The Labute approximate surface area is 131 Å². The van der Waals surface area contributed by atoms with E-state index in [4.69, 9.17) is 4.74 Å². The van der Waals surface area contributed by atoms with Crippen molar-refractivity contribution in [2.24, 2.45) is 5.92 Å². The highest BCUT2D eigenvalue weighted by atomic mass is 16.5. The molecule has 1 amide bonds. The maximum Gasteiger partial charge on any atom is 0.280 e. The zero-order chi connectivity index (χ0) is 16.6. The second kappa shape index (κ2) is 5.92. The molecule has 0 aromatic carbocycles. The number of aromatic amines is 1. The number of anilines is 1. The van der Waals surface area contributed by atoms with E-state index in [1.165, 1.54) is 6.33 Å². The first-order chi connectivity index (χ1) is 11.0. The molecule has 2 unspecified atom stereocenters. The van der Waals surface area contributed by atoms with E-state index in [2.05, 4.69) is 20.3 Å². The lowest BCUT2D eigenvalue weighted by Crippen LogP contribution is -2.22. The summed E-state index contributed by atoms with van der Waals surface area (Å²) in [5.74, 6) is -0.433. The van der Waals surface area contributed by atoms with Crippen molar-refractivity contribution in [3.05, 3.63) is 16.7 Å². The van der Waals surface area contributed by atoms with Crippen molar-refractivity contribution in [1.82, 2.24) is 19.5 Å². The van der Waals surface area contributed by atoms with Crippen LogP contribution in [0.5, 0.6) is 0 Å². The third-order valence-corrected chi connectivity index (χ3v) is 3.69. The van der Waals surface area contributed by atoms with E-state index >= 15 is 0 Å². The van der Waals surface area contributed by atoms with Crippen LogP contribution in [0.25, 0.3) is 11.2 Å². The minimum atomic E-state index is -0.459. The molecule has 0 radical (unpaired) electrons. The molecule has 1 saturated heterocycles. The number of ether oxygens (including phenoxy) is 1. The van der Waals surface area contributed by atoms with Crippen LogP contribution in [-0.4, -0.2) is 37.8 Å². The van der Waals surface area contributed by atoms with Gasteiger partial charge in [-0.25, -0.2) is 4.98 Å². The van der Waals surface area contributed by atoms with Crippen LogP contribution in [0.1, 0.15) is 32.9 Å². The summed E-state index contributed by atoms with van der Waals surface area (Å²) in [4.78, 5) is 45.4. The van der Waals surface area contributed by atoms with Gasteiger partial charge in [0.2, 0.25) is 11.9 Å². The van der Waals surface area contributed by atoms with Gasteiger partial charge in [-0.1, -0.05) is 13.8 Å². The summed E-state index contributed by atoms with van der Waals surface area (Å²) >= 11 is 0. The number of aromatic nitrogens is 4. The van der Waals surface area contributed by atoms with Crippen LogP contribution >= 0.6 is 0 Å². The van der Waals surface area contributed by atoms with Crippen molar-refractivity contribution >= 4 is 29.3 Å². The van der Waals surface area contributed by atoms with Gasteiger partial charge in [-0.2, -0.15) is 4.98 Å². The molecule has 3 rings (SSSR count). The highest BCUT2D eigenvalue weighted by Gasteiger charge is 2.28. The molecular weight excluding hydrogens is 302 g/mol. The van der Waals surface area contributed by atoms with Gasteiger partial charge >= 0.3 is 0 Å². The predicted molar refractivity (Wildman–Crippen MR) is 80.8 cm³/mol. The molecule has 3 heterocycles. The minimum absolute atomic E-state index is 0.0629. The van der Waals surface area contributed by atoms with Crippen molar-refractivity contribution in [2.75, 3.05) is 5.32 Å². The topological polar surface area (TPSA) is 119 Å². The average Bonchev–Trinajstić information content (AvgIpc) is 3.12. The summed E-state index contributed by atoms with van der Waals surface area (Å²) in [5, 5.41) is 2.56. The molecule has 9 heteroatoms. The largest absolute Gasteiger partial charge is 0.347 e. The highest BCUT2D eigenvalue weighted by molar-refractivity contribution is 5.91. The van der Waals surface area contributed by atoms with E-state index in [1.54, 1.807) is 18.4 Å². The number of carbonyl (C=O) groups excluding carboxylic acids is 2. The molecule has 0 spiro atoms. The molecule has 122 valence electrons. The normalized spacial score (nSPS) is 21.0. The SMILES string of the molecule is CC(C)C(=O)Nc1nc2c(ncn2C2CCC(C=O)O2)c(=O)[nH]1. The Kier molecular flexibility index (Phi) is 3.95. The van der Waals surface area contributed by atoms with Crippen molar-refractivity contribution in [3.63, 3.8) is 0 Å². The van der Waals surface area contributed by atoms with Crippen LogP contribution in [0.2, 0.25) is 0 Å². The fraction of sp³-hybridized carbons (Fsp3) is 0.500.